The maximum atomic E-state index is 13.0. The highest BCUT2D eigenvalue weighted by molar-refractivity contribution is 6.09. The van der Waals surface area contributed by atoms with Crippen LogP contribution in [0.1, 0.15) is 30.6 Å². The van der Waals surface area contributed by atoms with Crippen molar-refractivity contribution in [1.29, 1.82) is 0 Å². The maximum absolute atomic E-state index is 13.0. The van der Waals surface area contributed by atoms with Crippen molar-refractivity contribution in [2.45, 2.75) is 20.3 Å². The predicted molar refractivity (Wildman–Crippen MR) is 112 cm³/mol. The van der Waals surface area contributed by atoms with Gasteiger partial charge < -0.3 is 10.1 Å². The fourth-order valence-corrected chi connectivity index (χ4v) is 5.53. The Labute approximate surface area is 180 Å². The predicted octanol–water partition coefficient (Wildman–Crippen LogP) is 2.49. The van der Waals surface area contributed by atoms with Crippen molar-refractivity contribution >= 4 is 29.4 Å². The van der Waals surface area contributed by atoms with Crippen molar-refractivity contribution in [1.82, 2.24) is 4.90 Å². The smallest absolute Gasteiger partial charge is 0.338 e. The average molecular weight is 422 g/mol. The molecule has 7 nitrogen and oxygen atoms in total. The molecule has 2 bridgehead atoms. The molecule has 3 fully saturated rings. The molecule has 162 valence electrons. The molecule has 2 saturated carbocycles. The van der Waals surface area contributed by atoms with Gasteiger partial charge in [-0.25, -0.2) is 4.79 Å². The van der Waals surface area contributed by atoms with Gasteiger partial charge in [0.15, 0.2) is 0 Å². The van der Waals surface area contributed by atoms with Crippen molar-refractivity contribution in [3.63, 3.8) is 0 Å². The number of hydrogen-bond acceptors (Lipinski definition) is 5. The summed E-state index contributed by atoms with van der Waals surface area (Å²) in [6.45, 7) is 3.98. The lowest BCUT2D eigenvalue weighted by atomic mass is 9.63. The van der Waals surface area contributed by atoms with E-state index in [1.807, 2.05) is 13.8 Å². The van der Waals surface area contributed by atoms with Gasteiger partial charge in [0, 0.05) is 5.69 Å². The number of nitrogens with one attached hydrogen (secondary N) is 1. The minimum atomic E-state index is -0.430. The van der Waals surface area contributed by atoms with Gasteiger partial charge in [-0.05, 0) is 60.3 Å². The molecular formula is C24H26N2O5. The number of rotatable bonds is 6. The van der Waals surface area contributed by atoms with E-state index in [1.54, 1.807) is 24.3 Å². The first kappa shape index (κ1) is 20.0. The van der Waals surface area contributed by atoms with Gasteiger partial charge in [0.25, 0.3) is 0 Å². The van der Waals surface area contributed by atoms with E-state index < -0.39 is 11.9 Å². The van der Waals surface area contributed by atoms with Crippen molar-refractivity contribution in [2.24, 2.45) is 41.4 Å². The molecule has 6 rings (SSSR count). The van der Waals surface area contributed by atoms with Crippen LogP contribution in [0.4, 0.5) is 5.69 Å². The van der Waals surface area contributed by atoms with Gasteiger partial charge in [-0.2, -0.15) is 0 Å². The van der Waals surface area contributed by atoms with Crippen LogP contribution >= 0.6 is 0 Å². The van der Waals surface area contributed by atoms with Gasteiger partial charge >= 0.3 is 5.97 Å². The van der Waals surface area contributed by atoms with Crippen LogP contribution in [0.15, 0.2) is 36.4 Å². The lowest BCUT2D eigenvalue weighted by Gasteiger charge is -2.37. The number of benzene rings is 1. The molecule has 31 heavy (non-hydrogen) atoms. The fourth-order valence-electron chi connectivity index (χ4n) is 5.53. The van der Waals surface area contributed by atoms with Gasteiger partial charge in [-0.3, -0.25) is 19.3 Å². The van der Waals surface area contributed by atoms with Crippen molar-refractivity contribution in [2.75, 3.05) is 18.5 Å². The zero-order valence-corrected chi connectivity index (χ0v) is 17.6. The van der Waals surface area contributed by atoms with Gasteiger partial charge in [0.2, 0.25) is 17.7 Å². The van der Waals surface area contributed by atoms with Crippen molar-refractivity contribution < 1.29 is 23.9 Å². The van der Waals surface area contributed by atoms with Gasteiger partial charge in [-0.15, -0.1) is 0 Å². The first-order valence-electron chi connectivity index (χ1n) is 11.0. The molecule has 0 unspecified atom stereocenters. The molecular weight excluding hydrogens is 396 g/mol. The molecule has 1 aromatic rings. The Morgan fingerprint density at radius 1 is 1.03 bits per heavy atom. The largest absolute Gasteiger partial charge is 0.462 e. The maximum Gasteiger partial charge on any atom is 0.338 e. The second-order valence-electron chi connectivity index (χ2n) is 9.54. The molecule has 4 aliphatic carbocycles. The Bertz CT molecular complexity index is 946. The Morgan fingerprint density at radius 2 is 1.61 bits per heavy atom. The topological polar surface area (TPSA) is 92.8 Å². The van der Waals surface area contributed by atoms with E-state index in [0.29, 0.717) is 29.7 Å². The summed E-state index contributed by atoms with van der Waals surface area (Å²) in [6.07, 6.45) is 5.34. The standard InChI is InChI=1S/C24H26N2O5/c1-12(2)11-31-24(30)13-3-5-14(6-4-13)25-19(27)10-26-22(28)20-15-7-8-16(18-9-17(15)18)21(20)23(26)29/h3-8,12,15-18,20-21H,9-11H2,1-2H3,(H,25,27)/t15-,16+,17-,18-,20+,21-/m1/s1. The van der Waals surface area contributed by atoms with Crippen molar-refractivity contribution in [3.8, 4) is 0 Å². The number of amides is 3. The van der Waals surface area contributed by atoms with E-state index in [4.69, 9.17) is 4.74 Å². The summed E-state index contributed by atoms with van der Waals surface area (Å²) < 4.78 is 5.19. The summed E-state index contributed by atoms with van der Waals surface area (Å²) in [5.41, 5.74) is 0.888. The number of nitrogens with zero attached hydrogens (tertiary/aromatic N) is 1. The lowest BCUT2D eigenvalue weighted by molar-refractivity contribution is -0.142. The zero-order valence-electron chi connectivity index (χ0n) is 17.6. The van der Waals surface area contributed by atoms with Crippen LogP contribution in [-0.2, 0) is 19.1 Å². The first-order chi connectivity index (χ1) is 14.8. The summed E-state index contributed by atoms with van der Waals surface area (Å²) in [5, 5.41) is 2.71. The van der Waals surface area contributed by atoms with Crippen LogP contribution in [0.5, 0.6) is 0 Å². The van der Waals surface area contributed by atoms with E-state index in [0.717, 1.165) is 11.3 Å². The quantitative estimate of drug-likeness (QED) is 0.432. The summed E-state index contributed by atoms with van der Waals surface area (Å²) in [5.74, 6) is -0.245. The number of allylic oxidation sites excluding steroid dienone is 2. The molecule has 1 aliphatic heterocycles. The van der Waals surface area contributed by atoms with Gasteiger partial charge in [0.1, 0.15) is 6.54 Å². The molecule has 0 radical (unpaired) electrons. The van der Waals surface area contributed by atoms with Crippen LogP contribution in [-0.4, -0.2) is 41.7 Å². The normalized spacial score (nSPS) is 32.2. The molecule has 6 atom stereocenters. The third-order valence-electron chi connectivity index (χ3n) is 7.01. The fraction of sp³-hybridized carbons (Fsp3) is 0.500. The minimum absolute atomic E-state index is 0.146. The molecule has 1 aromatic carbocycles. The number of carbonyl (C=O) groups excluding carboxylic acids is 4. The Balaban J connectivity index is 1.20. The van der Waals surface area contributed by atoms with Crippen LogP contribution in [0.3, 0.4) is 0 Å². The second kappa shape index (κ2) is 7.32. The number of likely N-dealkylation sites (tertiary alicyclic amines) is 1. The first-order valence-corrected chi connectivity index (χ1v) is 11.0. The lowest BCUT2D eigenvalue weighted by Crippen LogP contribution is -2.40. The van der Waals surface area contributed by atoms with E-state index in [9.17, 15) is 19.2 Å². The van der Waals surface area contributed by atoms with Gasteiger partial charge in [-0.1, -0.05) is 26.0 Å². The molecule has 7 heteroatoms. The van der Waals surface area contributed by atoms with Crippen molar-refractivity contribution in [3.05, 3.63) is 42.0 Å². The number of anilines is 1. The molecule has 1 N–H and O–H groups in total. The third kappa shape index (κ3) is 3.36. The Hall–Kier alpha value is -2.96. The Morgan fingerprint density at radius 3 is 2.16 bits per heavy atom. The second-order valence-corrected chi connectivity index (χ2v) is 9.54. The number of esters is 1. The molecule has 0 spiro atoms. The number of hydrogen-bond donors (Lipinski definition) is 1. The van der Waals surface area contributed by atoms with Crippen LogP contribution < -0.4 is 5.32 Å². The minimum Gasteiger partial charge on any atom is -0.462 e. The molecule has 1 saturated heterocycles. The summed E-state index contributed by atoms with van der Waals surface area (Å²) in [4.78, 5) is 51.6. The number of carbonyl (C=O) groups is 4. The highest BCUT2D eigenvalue weighted by Gasteiger charge is 2.67. The van der Waals surface area contributed by atoms with Crippen LogP contribution in [0.2, 0.25) is 0 Å². The van der Waals surface area contributed by atoms with E-state index in [2.05, 4.69) is 17.5 Å². The molecule has 1 heterocycles. The van der Waals surface area contributed by atoms with Crippen LogP contribution in [0.25, 0.3) is 0 Å². The monoisotopic (exact) mass is 422 g/mol. The highest BCUT2D eigenvalue weighted by atomic mass is 16.5. The molecule has 3 amide bonds. The third-order valence-corrected chi connectivity index (χ3v) is 7.01. The molecule has 5 aliphatic rings. The number of ether oxygens (including phenoxy) is 1. The van der Waals surface area contributed by atoms with Crippen LogP contribution in [0, 0.1) is 41.4 Å². The number of imide groups is 1. The van der Waals surface area contributed by atoms with E-state index in [-0.39, 0.29) is 47.9 Å². The zero-order chi connectivity index (χ0) is 21.9. The van der Waals surface area contributed by atoms with E-state index >= 15 is 0 Å². The Kier molecular flexibility index (Phi) is 4.72. The average Bonchev–Trinajstić information content (AvgIpc) is 3.53. The summed E-state index contributed by atoms with van der Waals surface area (Å²) >= 11 is 0. The summed E-state index contributed by atoms with van der Waals surface area (Å²) in [6, 6.07) is 6.37. The van der Waals surface area contributed by atoms with Gasteiger partial charge in [0.05, 0.1) is 24.0 Å². The van der Waals surface area contributed by atoms with E-state index in [1.165, 1.54) is 0 Å². The SMILES string of the molecule is CC(C)COC(=O)c1ccc(NC(=O)CN2C(=O)[C@@H]3[C@H]4C=C[C@H]([C@H]5C[C@H]45)[C@@H]3C2=O)cc1. The highest BCUT2D eigenvalue weighted by Crippen LogP contribution is 2.65. The molecule has 0 aromatic heterocycles. The summed E-state index contributed by atoms with van der Waals surface area (Å²) in [7, 11) is 0.